The molecule has 1 aromatic heterocycles. The van der Waals surface area contributed by atoms with Gasteiger partial charge in [-0.05, 0) is 80.3 Å². The Kier molecular flexibility index (Phi) is 4.62. The van der Waals surface area contributed by atoms with Gasteiger partial charge in [-0.1, -0.05) is 6.07 Å². The number of amides is 1. The van der Waals surface area contributed by atoms with Crippen molar-refractivity contribution in [1.29, 1.82) is 0 Å². The molecular formula is C22H27N3O3S. The number of likely N-dealkylation sites (tertiary alicyclic amines) is 1. The monoisotopic (exact) mass is 413 g/mol. The van der Waals surface area contributed by atoms with Crippen LogP contribution in [0.5, 0.6) is 0 Å². The first kappa shape index (κ1) is 19.0. The molecule has 3 heterocycles. The highest BCUT2D eigenvalue weighted by atomic mass is 32.2. The Morgan fingerprint density at radius 3 is 2.45 bits per heavy atom. The van der Waals surface area contributed by atoms with Crippen LogP contribution in [0, 0.1) is 12.8 Å². The van der Waals surface area contributed by atoms with Gasteiger partial charge in [0.05, 0.1) is 11.5 Å². The summed E-state index contributed by atoms with van der Waals surface area (Å²) < 4.78 is 22.9. The Labute approximate surface area is 171 Å². The second-order valence-corrected chi connectivity index (χ2v) is 11.1. The molecule has 1 N–H and O–H groups in total. The molecule has 7 heteroatoms. The predicted molar refractivity (Wildman–Crippen MR) is 114 cm³/mol. The van der Waals surface area contributed by atoms with Gasteiger partial charge in [0, 0.05) is 23.5 Å². The van der Waals surface area contributed by atoms with E-state index in [-0.39, 0.29) is 17.9 Å². The molecule has 3 aliphatic rings. The molecule has 3 fully saturated rings. The maximum atomic E-state index is 12.0. The van der Waals surface area contributed by atoms with Crippen LogP contribution in [-0.4, -0.2) is 54.8 Å². The lowest BCUT2D eigenvalue weighted by atomic mass is 9.85. The standard InChI is InChI=1S/C22H27N3O3S/c1-14-8-18-11-23-21(24-22(26)16-2-3-16)10-17(18)9-20(14)15-4-6-25(7-5-15)19-12-29(27,28)13-19/h8-11,15-16,19H,2-7,12-13H2,1H3,(H,23,24,26). The Balaban J connectivity index is 1.31. The number of anilines is 1. The van der Waals surface area contributed by atoms with Crippen LogP contribution in [-0.2, 0) is 14.6 Å². The number of carbonyl (C=O) groups is 1. The van der Waals surface area contributed by atoms with Gasteiger partial charge in [0.15, 0.2) is 9.84 Å². The van der Waals surface area contributed by atoms with Crippen molar-refractivity contribution < 1.29 is 13.2 Å². The summed E-state index contributed by atoms with van der Waals surface area (Å²) in [5.74, 6) is 2.02. The van der Waals surface area contributed by atoms with E-state index in [1.54, 1.807) is 0 Å². The first-order chi connectivity index (χ1) is 13.9. The van der Waals surface area contributed by atoms with Gasteiger partial charge in [0.1, 0.15) is 5.82 Å². The molecule has 0 spiro atoms. The van der Waals surface area contributed by atoms with E-state index in [1.165, 1.54) is 11.1 Å². The molecule has 5 rings (SSSR count). The van der Waals surface area contributed by atoms with Crippen molar-refractivity contribution in [2.45, 2.75) is 44.6 Å². The second kappa shape index (κ2) is 7.06. The van der Waals surface area contributed by atoms with Crippen molar-refractivity contribution in [2.75, 3.05) is 29.9 Å². The number of piperidine rings is 1. The number of pyridine rings is 1. The number of aryl methyl sites for hydroxylation is 1. The third-order valence-corrected chi connectivity index (χ3v) is 8.47. The summed E-state index contributed by atoms with van der Waals surface area (Å²) in [4.78, 5) is 18.8. The zero-order valence-electron chi connectivity index (χ0n) is 16.7. The fourth-order valence-electron chi connectivity index (χ4n) is 4.73. The van der Waals surface area contributed by atoms with Crippen molar-refractivity contribution in [3.63, 3.8) is 0 Å². The van der Waals surface area contributed by atoms with Crippen LogP contribution in [0.3, 0.4) is 0 Å². The number of benzene rings is 1. The van der Waals surface area contributed by atoms with E-state index in [0.29, 0.717) is 23.2 Å². The molecule has 6 nitrogen and oxygen atoms in total. The van der Waals surface area contributed by atoms with Gasteiger partial charge < -0.3 is 5.32 Å². The quantitative estimate of drug-likeness (QED) is 0.834. The molecule has 0 atom stereocenters. The van der Waals surface area contributed by atoms with Crippen LogP contribution in [0.1, 0.15) is 42.7 Å². The van der Waals surface area contributed by atoms with Crippen LogP contribution >= 0.6 is 0 Å². The van der Waals surface area contributed by atoms with E-state index in [4.69, 9.17) is 0 Å². The molecule has 2 aliphatic heterocycles. The Morgan fingerprint density at radius 1 is 1.07 bits per heavy atom. The smallest absolute Gasteiger partial charge is 0.228 e. The fraction of sp³-hybridized carbons (Fsp3) is 0.545. The van der Waals surface area contributed by atoms with Crippen LogP contribution in [0.15, 0.2) is 24.4 Å². The lowest BCUT2D eigenvalue weighted by Gasteiger charge is -2.41. The normalized spacial score (nSPS) is 23.1. The van der Waals surface area contributed by atoms with Gasteiger partial charge in [-0.2, -0.15) is 0 Å². The number of sulfone groups is 1. The third-order valence-electron chi connectivity index (χ3n) is 6.68. The van der Waals surface area contributed by atoms with E-state index in [2.05, 4.69) is 34.3 Å². The van der Waals surface area contributed by atoms with Gasteiger partial charge in [0.25, 0.3) is 0 Å². The molecule has 1 aliphatic carbocycles. The number of rotatable bonds is 4. The molecular weight excluding hydrogens is 386 g/mol. The first-order valence-electron chi connectivity index (χ1n) is 10.5. The van der Waals surface area contributed by atoms with Crippen molar-refractivity contribution in [3.8, 4) is 0 Å². The molecule has 0 radical (unpaired) electrons. The van der Waals surface area contributed by atoms with Gasteiger partial charge in [-0.15, -0.1) is 0 Å². The predicted octanol–water partition coefficient (Wildman–Crippen LogP) is 2.87. The Morgan fingerprint density at radius 2 is 1.79 bits per heavy atom. The van der Waals surface area contributed by atoms with E-state index < -0.39 is 9.84 Å². The van der Waals surface area contributed by atoms with Crippen molar-refractivity contribution in [2.24, 2.45) is 5.92 Å². The van der Waals surface area contributed by atoms with Crippen molar-refractivity contribution in [1.82, 2.24) is 9.88 Å². The molecule has 2 saturated heterocycles. The summed E-state index contributed by atoms with van der Waals surface area (Å²) in [5.41, 5.74) is 2.64. The van der Waals surface area contributed by atoms with Gasteiger partial charge in [-0.25, -0.2) is 13.4 Å². The third kappa shape index (κ3) is 3.90. The molecule has 154 valence electrons. The average Bonchev–Trinajstić information content (AvgIpc) is 3.51. The minimum Gasteiger partial charge on any atom is -0.310 e. The van der Waals surface area contributed by atoms with Crippen molar-refractivity contribution >= 4 is 32.3 Å². The summed E-state index contributed by atoms with van der Waals surface area (Å²) >= 11 is 0. The highest BCUT2D eigenvalue weighted by molar-refractivity contribution is 7.92. The first-order valence-corrected chi connectivity index (χ1v) is 12.4. The number of nitrogens with one attached hydrogen (secondary N) is 1. The number of hydrogen-bond donors (Lipinski definition) is 1. The van der Waals surface area contributed by atoms with E-state index in [1.807, 2.05) is 12.3 Å². The number of hydrogen-bond acceptors (Lipinski definition) is 5. The largest absolute Gasteiger partial charge is 0.310 e. The molecule has 0 unspecified atom stereocenters. The zero-order valence-corrected chi connectivity index (χ0v) is 17.5. The minimum absolute atomic E-state index is 0.0783. The van der Waals surface area contributed by atoms with E-state index in [9.17, 15) is 13.2 Å². The second-order valence-electron chi connectivity index (χ2n) is 8.93. The average molecular weight is 414 g/mol. The van der Waals surface area contributed by atoms with Gasteiger partial charge >= 0.3 is 0 Å². The maximum absolute atomic E-state index is 12.0. The van der Waals surface area contributed by atoms with Crippen LogP contribution in [0.4, 0.5) is 5.82 Å². The lowest BCUT2D eigenvalue weighted by molar-refractivity contribution is -0.117. The fourth-order valence-corrected chi connectivity index (χ4v) is 6.23. The topological polar surface area (TPSA) is 79.4 Å². The maximum Gasteiger partial charge on any atom is 0.228 e. The van der Waals surface area contributed by atoms with Gasteiger partial charge in [-0.3, -0.25) is 9.69 Å². The highest BCUT2D eigenvalue weighted by Crippen LogP contribution is 2.35. The number of nitrogens with zero attached hydrogens (tertiary/aromatic N) is 2. The number of aromatic nitrogens is 1. The molecule has 2 aromatic rings. The summed E-state index contributed by atoms with van der Waals surface area (Å²) in [6.45, 7) is 4.07. The van der Waals surface area contributed by atoms with E-state index in [0.717, 1.165) is 49.5 Å². The summed E-state index contributed by atoms with van der Waals surface area (Å²) in [6, 6.07) is 6.65. The minimum atomic E-state index is -2.77. The van der Waals surface area contributed by atoms with Crippen molar-refractivity contribution in [3.05, 3.63) is 35.5 Å². The SMILES string of the molecule is Cc1cc2cnc(NC(=O)C3CC3)cc2cc1C1CCN(C2CS(=O)(=O)C2)CC1. The number of carbonyl (C=O) groups excluding carboxylic acids is 1. The number of fused-ring (bicyclic) bond motifs is 1. The highest BCUT2D eigenvalue weighted by Gasteiger charge is 2.39. The molecule has 1 aromatic carbocycles. The summed E-state index contributed by atoms with van der Waals surface area (Å²) in [5, 5.41) is 5.14. The van der Waals surface area contributed by atoms with Crippen LogP contribution in [0.2, 0.25) is 0 Å². The lowest BCUT2D eigenvalue weighted by Crippen LogP contribution is -2.55. The summed E-state index contributed by atoms with van der Waals surface area (Å²) in [6.07, 6.45) is 5.91. The Hall–Kier alpha value is -1.99. The molecule has 1 saturated carbocycles. The zero-order chi connectivity index (χ0) is 20.2. The summed E-state index contributed by atoms with van der Waals surface area (Å²) in [7, 11) is -2.77. The molecule has 0 bridgehead atoms. The van der Waals surface area contributed by atoms with Gasteiger partial charge in [0.2, 0.25) is 5.91 Å². The van der Waals surface area contributed by atoms with E-state index >= 15 is 0 Å². The van der Waals surface area contributed by atoms with Crippen LogP contribution in [0.25, 0.3) is 10.8 Å². The molecule has 1 amide bonds. The molecule has 29 heavy (non-hydrogen) atoms. The Bertz CT molecular complexity index is 1060. The van der Waals surface area contributed by atoms with Crippen LogP contribution < -0.4 is 5.32 Å².